The molecule has 0 amide bonds. The molecule has 0 fully saturated rings. The molecule has 0 saturated carbocycles. The Labute approximate surface area is 145 Å². The lowest BCUT2D eigenvalue weighted by atomic mass is 9.66. The molecule has 2 N–H and O–H groups in total. The van der Waals surface area contributed by atoms with Gasteiger partial charge in [-0.3, -0.25) is 4.79 Å². The second kappa shape index (κ2) is 5.92. The van der Waals surface area contributed by atoms with Crippen LogP contribution >= 0.6 is 0 Å². The van der Waals surface area contributed by atoms with Gasteiger partial charge in [0.15, 0.2) is 0 Å². The van der Waals surface area contributed by atoms with Crippen molar-refractivity contribution in [2.45, 2.75) is 58.2 Å². The number of rotatable bonds is 3. The van der Waals surface area contributed by atoms with E-state index in [1.807, 2.05) is 20.8 Å². The average molecular weight is 355 g/mol. The fraction of sp³-hybridized carbons (Fsp3) is 0.611. The van der Waals surface area contributed by atoms with Gasteiger partial charge in [0, 0.05) is 5.56 Å². The molecule has 0 heterocycles. The van der Waals surface area contributed by atoms with Crippen LogP contribution in [0.3, 0.4) is 0 Å². The minimum atomic E-state index is -1.55. The van der Waals surface area contributed by atoms with Gasteiger partial charge in [-0.05, 0) is 44.2 Å². The largest absolute Gasteiger partial charge is 0.481 e. The number of benzene rings is 1. The summed E-state index contributed by atoms with van der Waals surface area (Å²) in [7, 11) is -1.55. The molecule has 6 heteroatoms. The van der Waals surface area contributed by atoms with Crippen molar-refractivity contribution in [1.82, 2.24) is 4.72 Å². The summed E-state index contributed by atoms with van der Waals surface area (Å²) in [6.07, 6.45) is 0.216. The van der Waals surface area contributed by atoms with Gasteiger partial charge in [-0.1, -0.05) is 32.9 Å². The Hall–Kier alpha value is -1.27. The van der Waals surface area contributed by atoms with E-state index < -0.39 is 44.4 Å². The number of halogens is 1. The van der Waals surface area contributed by atoms with Gasteiger partial charge in [-0.25, -0.2) is 13.3 Å². The lowest BCUT2D eigenvalue weighted by molar-refractivity contribution is -0.146. The number of nitrogens with one attached hydrogen (secondary N) is 1. The van der Waals surface area contributed by atoms with Crippen LogP contribution in [-0.4, -0.2) is 20.0 Å². The van der Waals surface area contributed by atoms with Crippen molar-refractivity contribution in [3.8, 4) is 0 Å². The van der Waals surface area contributed by atoms with Gasteiger partial charge in [0.25, 0.3) is 0 Å². The molecule has 0 bridgehead atoms. The highest BCUT2D eigenvalue weighted by Crippen LogP contribution is 2.53. The SMILES string of the molecule is CC(C)(C)[S@@](=O)N[C@]1(C(C)(C)C)c2c(F)cccc2C[C@@H]1C(=O)O. The summed E-state index contributed by atoms with van der Waals surface area (Å²) in [6, 6.07) is 4.68. The highest BCUT2D eigenvalue weighted by Gasteiger charge is 2.59. The molecular weight excluding hydrogens is 329 g/mol. The van der Waals surface area contributed by atoms with E-state index in [1.165, 1.54) is 6.07 Å². The molecular formula is C18H26FNO3S. The predicted octanol–water partition coefficient (Wildman–Crippen LogP) is 3.38. The molecule has 1 aromatic carbocycles. The third kappa shape index (κ3) is 2.90. The van der Waals surface area contributed by atoms with Crippen LogP contribution in [0, 0.1) is 17.2 Å². The van der Waals surface area contributed by atoms with E-state index in [4.69, 9.17) is 0 Å². The maximum Gasteiger partial charge on any atom is 0.309 e. The van der Waals surface area contributed by atoms with E-state index in [9.17, 15) is 18.5 Å². The van der Waals surface area contributed by atoms with Gasteiger partial charge in [-0.15, -0.1) is 0 Å². The summed E-state index contributed by atoms with van der Waals surface area (Å²) < 4.78 is 30.1. The van der Waals surface area contributed by atoms with Gasteiger partial charge in [0.1, 0.15) is 5.82 Å². The summed E-state index contributed by atoms with van der Waals surface area (Å²) in [5, 5.41) is 9.83. The second-order valence-electron chi connectivity index (χ2n) is 8.41. The topological polar surface area (TPSA) is 66.4 Å². The van der Waals surface area contributed by atoms with Crippen LogP contribution in [0.15, 0.2) is 18.2 Å². The first-order valence-electron chi connectivity index (χ1n) is 8.02. The third-order valence-corrected chi connectivity index (χ3v) is 6.35. The van der Waals surface area contributed by atoms with Crippen molar-refractivity contribution in [2.75, 3.05) is 0 Å². The van der Waals surface area contributed by atoms with Crippen molar-refractivity contribution in [3.63, 3.8) is 0 Å². The van der Waals surface area contributed by atoms with Crippen LogP contribution in [0.2, 0.25) is 0 Å². The minimum Gasteiger partial charge on any atom is -0.481 e. The number of hydrogen-bond donors (Lipinski definition) is 2. The second-order valence-corrected chi connectivity index (χ2v) is 10.4. The molecule has 0 aromatic heterocycles. The molecule has 0 aliphatic heterocycles. The molecule has 134 valence electrons. The van der Waals surface area contributed by atoms with Gasteiger partial charge in [0.05, 0.1) is 27.2 Å². The van der Waals surface area contributed by atoms with Crippen molar-refractivity contribution >= 4 is 17.0 Å². The summed E-state index contributed by atoms with van der Waals surface area (Å²) in [4.78, 5) is 12.0. The van der Waals surface area contributed by atoms with Gasteiger partial charge in [-0.2, -0.15) is 0 Å². The fourth-order valence-electron chi connectivity index (χ4n) is 3.47. The summed E-state index contributed by atoms with van der Waals surface area (Å²) in [5.74, 6) is -2.36. The zero-order chi connectivity index (χ0) is 18.5. The van der Waals surface area contributed by atoms with Crippen LogP contribution in [0.4, 0.5) is 4.39 Å². The number of carbonyl (C=O) groups is 1. The first kappa shape index (κ1) is 19.1. The molecule has 0 radical (unpaired) electrons. The monoisotopic (exact) mass is 355 g/mol. The van der Waals surface area contributed by atoms with Crippen molar-refractivity contribution in [2.24, 2.45) is 11.3 Å². The van der Waals surface area contributed by atoms with E-state index in [1.54, 1.807) is 32.9 Å². The Morgan fingerprint density at radius 3 is 2.33 bits per heavy atom. The lowest BCUT2D eigenvalue weighted by Crippen LogP contribution is -2.60. The van der Waals surface area contributed by atoms with Crippen LogP contribution < -0.4 is 4.72 Å². The molecule has 4 nitrogen and oxygen atoms in total. The van der Waals surface area contributed by atoms with Crippen LogP contribution in [-0.2, 0) is 27.7 Å². The molecule has 0 spiro atoms. The van der Waals surface area contributed by atoms with Crippen LogP contribution in [0.1, 0.15) is 52.7 Å². The average Bonchev–Trinajstić information content (AvgIpc) is 2.74. The molecule has 24 heavy (non-hydrogen) atoms. The molecule has 1 aliphatic rings. The van der Waals surface area contributed by atoms with E-state index >= 15 is 0 Å². The highest BCUT2D eigenvalue weighted by atomic mass is 32.2. The van der Waals surface area contributed by atoms with Gasteiger partial charge >= 0.3 is 5.97 Å². The Bertz CT molecular complexity index is 690. The predicted molar refractivity (Wildman–Crippen MR) is 93.4 cm³/mol. The standard InChI is InChI=1S/C18H26FNO3S/c1-16(2,3)18(20-24(23)17(4,5)6)12(15(21)22)10-11-8-7-9-13(19)14(11)18/h7-9,12,20H,10H2,1-6H3,(H,21,22)/t12-,18+,24-/m1/s1. The molecule has 2 rings (SSSR count). The zero-order valence-corrected chi connectivity index (χ0v) is 15.9. The minimum absolute atomic E-state index is 0.216. The third-order valence-electron chi connectivity index (χ3n) is 4.73. The van der Waals surface area contributed by atoms with Crippen LogP contribution in [0.5, 0.6) is 0 Å². The van der Waals surface area contributed by atoms with Crippen molar-refractivity contribution in [1.29, 1.82) is 0 Å². The fourth-order valence-corrected chi connectivity index (χ4v) is 4.62. The summed E-state index contributed by atoms with van der Waals surface area (Å²) in [6.45, 7) is 11.0. The number of carboxylic acid groups (broad SMARTS) is 1. The van der Waals surface area contributed by atoms with E-state index in [-0.39, 0.29) is 6.42 Å². The zero-order valence-electron chi connectivity index (χ0n) is 15.1. The van der Waals surface area contributed by atoms with Crippen molar-refractivity contribution < 1.29 is 18.5 Å². The quantitative estimate of drug-likeness (QED) is 0.873. The number of fused-ring (bicyclic) bond motifs is 1. The Kier molecular flexibility index (Phi) is 4.70. The Morgan fingerprint density at radius 1 is 1.29 bits per heavy atom. The van der Waals surface area contributed by atoms with Gasteiger partial charge < -0.3 is 5.11 Å². The Balaban J connectivity index is 2.76. The van der Waals surface area contributed by atoms with Gasteiger partial charge in [0.2, 0.25) is 0 Å². The summed E-state index contributed by atoms with van der Waals surface area (Å²) >= 11 is 0. The molecule has 0 saturated heterocycles. The molecule has 0 unspecified atom stereocenters. The Morgan fingerprint density at radius 2 is 1.88 bits per heavy atom. The van der Waals surface area contributed by atoms with Crippen LogP contribution in [0.25, 0.3) is 0 Å². The smallest absolute Gasteiger partial charge is 0.309 e. The molecule has 1 aliphatic carbocycles. The number of carboxylic acids is 1. The maximum absolute atomic E-state index is 14.8. The normalized spacial score (nSPS) is 25.4. The molecule has 3 atom stereocenters. The number of aliphatic carboxylic acids is 1. The first-order valence-corrected chi connectivity index (χ1v) is 9.17. The summed E-state index contributed by atoms with van der Waals surface area (Å²) in [5.41, 5.74) is -0.916. The lowest BCUT2D eigenvalue weighted by Gasteiger charge is -2.47. The highest BCUT2D eigenvalue weighted by molar-refractivity contribution is 7.84. The molecule has 1 aromatic rings. The van der Waals surface area contributed by atoms with E-state index in [0.29, 0.717) is 11.1 Å². The van der Waals surface area contributed by atoms with E-state index in [2.05, 4.69) is 4.72 Å². The first-order chi connectivity index (χ1) is 10.8. The maximum atomic E-state index is 14.8. The number of hydrogen-bond acceptors (Lipinski definition) is 2. The van der Waals surface area contributed by atoms with E-state index in [0.717, 1.165) is 0 Å². The van der Waals surface area contributed by atoms with Crippen molar-refractivity contribution in [3.05, 3.63) is 35.1 Å².